The molecule has 0 radical (unpaired) electrons. The van der Waals surface area contributed by atoms with Gasteiger partial charge in [-0.15, -0.1) is 0 Å². The van der Waals surface area contributed by atoms with Gasteiger partial charge in [0.1, 0.15) is 0 Å². The molecule has 0 heterocycles. The van der Waals surface area contributed by atoms with Crippen LogP contribution in [-0.2, 0) is 9.53 Å². The molecular formula is C20H42O4. The van der Waals surface area contributed by atoms with Crippen molar-refractivity contribution in [2.45, 2.75) is 109 Å². The summed E-state index contributed by atoms with van der Waals surface area (Å²) < 4.78 is 4.25. The van der Waals surface area contributed by atoms with E-state index in [1.54, 1.807) is 14.2 Å². The Hall–Kier alpha value is -0.610. The van der Waals surface area contributed by atoms with E-state index in [0.717, 1.165) is 38.5 Å². The first-order valence-corrected chi connectivity index (χ1v) is 9.88. The summed E-state index contributed by atoms with van der Waals surface area (Å²) in [4.78, 5) is 10.3. The molecule has 4 heteroatoms. The molecule has 0 bridgehead atoms. The van der Waals surface area contributed by atoms with E-state index in [2.05, 4.69) is 11.7 Å². The average Bonchev–Trinajstić information content (AvgIpc) is 2.54. The molecule has 0 saturated carbocycles. The summed E-state index contributed by atoms with van der Waals surface area (Å²) in [6, 6.07) is 0. The number of aliphatic carboxylic acids is 1. The number of ether oxygens (including phenoxy) is 1. The fourth-order valence-corrected chi connectivity index (χ4v) is 2.67. The highest BCUT2D eigenvalue weighted by Crippen LogP contribution is 2.14. The summed E-state index contributed by atoms with van der Waals surface area (Å²) >= 11 is 0. The van der Waals surface area contributed by atoms with E-state index >= 15 is 0 Å². The lowest BCUT2D eigenvalue weighted by atomic mass is 10.0. The van der Waals surface area contributed by atoms with E-state index in [1.165, 1.54) is 51.4 Å². The number of carboxylic acid groups (broad SMARTS) is 1. The van der Waals surface area contributed by atoms with Crippen molar-refractivity contribution >= 4 is 5.97 Å². The molecule has 0 aromatic rings. The highest BCUT2D eigenvalue weighted by atomic mass is 16.4. The van der Waals surface area contributed by atoms with Gasteiger partial charge in [0.05, 0.1) is 6.10 Å². The lowest BCUT2D eigenvalue weighted by Crippen LogP contribution is -2.05. The third-order valence-electron chi connectivity index (χ3n) is 4.07. The molecule has 24 heavy (non-hydrogen) atoms. The molecule has 0 aliphatic heterocycles. The van der Waals surface area contributed by atoms with Crippen LogP contribution in [-0.4, -0.2) is 36.5 Å². The van der Waals surface area contributed by atoms with Gasteiger partial charge in [0.15, 0.2) is 0 Å². The number of carboxylic acids is 1. The van der Waals surface area contributed by atoms with Gasteiger partial charge in [-0.2, -0.15) is 0 Å². The Balaban J connectivity index is 0. The molecular weight excluding hydrogens is 304 g/mol. The third kappa shape index (κ3) is 26.3. The smallest absolute Gasteiger partial charge is 0.303 e. The van der Waals surface area contributed by atoms with Crippen LogP contribution in [0.3, 0.4) is 0 Å². The Morgan fingerprint density at radius 2 is 1.17 bits per heavy atom. The number of unbranched alkanes of at least 4 members (excludes halogenated alkanes) is 10. The Morgan fingerprint density at radius 3 is 1.58 bits per heavy atom. The van der Waals surface area contributed by atoms with Gasteiger partial charge in [-0.1, -0.05) is 77.6 Å². The molecule has 146 valence electrons. The van der Waals surface area contributed by atoms with E-state index in [-0.39, 0.29) is 6.10 Å². The van der Waals surface area contributed by atoms with Crippen LogP contribution in [0.5, 0.6) is 0 Å². The predicted molar refractivity (Wildman–Crippen MR) is 102 cm³/mol. The number of rotatable bonds is 16. The predicted octanol–water partition coefficient (Wildman–Crippen LogP) is 5.57. The van der Waals surface area contributed by atoms with Gasteiger partial charge in [0.25, 0.3) is 0 Å². The van der Waals surface area contributed by atoms with Crippen LogP contribution < -0.4 is 0 Å². The van der Waals surface area contributed by atoms with Crippen LogP contribution in [0.25, 0.3) is 0 Å². The highest BCUT2D eigenvalue weighted by Gasteiger charge is 2.03. The fraction of sp³-hybridized carbons (Fsp3) is 0.950. The standard InChI is InChI=1S/C18H36O3.C2H6O/c1-2-3-4-11-14-17(19)15-12-9-7-5-6-8-10-13-16-18(20)21;1-3-2/h17,19H,2-16H2,1H3,(H,20,21);1-2H3. The van der Waals surface area contributed by atoms with Crippen LogP contribution in [0.2, 0.25) is 0 Å². The Kier molecular flexibility index (Phi) is 23.9. The SMILES string of the molecule is CCCCCCC(O)CCCCCCCCCCC(=O)O.COC. The van der Waals surface area contributed by atoms with Crippen molar-refractivity contribution in [3.63, 3.8) is 0 Å². The zero-order valence-electron chi connectivity index (χ0n) is 16.4. The molecule has 0 aromatic carbocycles. The van der Waals surface area contributed by atoms with Crippen LogP contribution >= 0.6 is 0 Å². The number of carbonyl (C=O) groups is 1. The van der Waals surface area contributed by atoms with Gasteiger partial charge in [0, 0.05) is 20.6 Å². The van der Waals surface area contributed by atoms with E-state index in [9.17, 15) is 9.90 Å². The molecule has 0 aliphatic carbocycles. The Morgan fingerprint density at radius 1 is 0.792 bits per heavy atom. The van der Waals surface area contributed by atoms with Gasteiger partial charge in [0.2, 0.25) is 0 Å². The molecule has 2 N–H and O–H groups in total. The summed E-state index contributed by atoms with van der Waals surface area (Å²) in [5.74, 6) is -0.678. The lowest BCUT2D eigenvalue weighted by molar-refractivity contribution is -0.137. The van der Waals surface area contributed by atoms with E-state index < -0.39 is 5.97 Å². The second kappa shape index (κ2) is 22.4. The normalized spacial score (nSPS) is 11.7. The summed E-state index contributed by atoms with van der Waals surface area (Å²) in [6.07, 6.45) is 16.3. The monoisotopic (exact) mass is 346 g/mol. The molecule has 0 amide bonds. The molecule has 0 saturated heterocycles. The first-order valence-electron chi connectivity index (χ1n) is 9.88. The molecule has 0 spiro atoms. The summed E-state index contributed by atoms with van der Waals surface area (Å²) in [5.41, 5.74) is 0. The van der Waals surface area contributed by atoms with Crippen molar-refractivity contribution < 1.29 is 19.7 Å². The minimum atomic E-state index is -0.678. The van der Waals surface area contributed by atoms with Crippen LogP contribution in [0.4, 0.5) is 0 Å². The zero-order chi connectivity index (χ0) is 18.5. The second-order valence-electron chi connectivity index (χ2n) is 6.67. The number of hydrogen-bond donors (Lipinski definition) is 2. The maximum Gasteiger partial charge on any atom is 0.303 e. The summed E-state index contributed by atoms with van der Waals surface area (Å²) in [6.45, 7) is 2.21. The topological polar surface area (TPSA) is 66.8 Å². The van der Waals surface area contributed by atoms with Crippen molar-refractivity contribution in [3.05, 3.63) is 0 Å². The number of methoxy groups -OCH3 is 1. The van der Waals surface area contributed by atoms with Gasteiger partial charge < -0.3 is 14.9 Å². The summed E-state index contributed by atoms with van der Waals surface area (Å²) in [7, 11) is 3.25. The largest absolute Gasteiger partial charge is 0.481 e. The first-order chi connectivity index (χ1) is 11.6. The minimum Gasteiger partial charge on any atom is -0.481 e. The number of hydrogen-bond acceptors (Lipinski definition) is 3. The maximum absolute atomic E-state index is 10.3. The molecule has 0 rings (SSSR count). The van der Waals surface area contributed by atoms with Gasteiger partial charge in [-0.3, -0.25) is 4.79 Å². The Bertz CT molecular complexity index is 244. The third-order valence-corrected chi connectivity index (χ3v) is 4.07. The number of aliphatic hydroxyl groups excluding tert-OH is 1. The van der Waals surface area contributed by atoms with Crippen molar-refractivity contribution in [1.29, 1.82) is 0 Å². The Labute approximate surface area is 150 Å². The maximum atomic E-state index is 10.3. The van der Waals surface area contributed by atoms with E-state index in [1.807, 2.05) is 0 Å². The lowest BCUT2D eigenvalue weighted by Gasteiger charge is -2.10. The number of aliphatic hydroxyl groups is 1. The fourth-order valence-electron chi connectivity index (χ4n) is 2.67. The van der Waals surface area contributed by atoms with E-state index in [4.69, 9.17) is 5.11 Å². The highest BCUT2D eigenvalue weighted by molar-refractivity contribution is 5.66. The molecule has 1 unspecified atom stereocenters. The van der Waals surface area contributed by atoms with E-state index in [0.29, 0.717) is 6.42 Å². The van der Waals surface area contributed by atoms with Crippen molar-refractivity contribution in [2.24, 2.45) is 0 Å². The van der Waals surface area contributed by atoms with Crippen LogP contribution in [0, 0.1) is 0 Å². The zero-order valence-corrected chi connectivity index (χ0v) is 16.4. The molecule has 1 atom stereocenters. The van der Waals surface area contributed by atoms with Gasteiger partial charge in [-0.25, -0.2) is 0 Å². The quantitative estimate of drug-likeness (QED) is 0.359. The van der Waals surface area contributed by atoms with Gasteiger partial charge >= 0.3 is 5.97 Å². The summed E-state index contributed by atoms with van der Waals surface area (Å²) in [5, 5.41) is 18.4. The van der Waals surface area contributed by atoms with Crippen LogP contribution in [0.1, 0.15) is 103 Å². The molecule has 0 aliphatic rings. The molecule has 0 fully saturated rings. The molecule has 4 nitrogen and oxygen atoms in total. The second-order valence-corrected chi connectivity index (χ2v) is 6.67. The minimum absolute atomic E-state index is 0.0853. The van der Waals surface area contributed by atoms with Gasteiger partial charge in [-0.05, 0) is 19.3 Å². The van der Waals surface area contributed by atoms with Crippen LogP contribution in [0.15, 0.2) is 0 Å². The van der Waals surface area contributed by atoms with Crippen molar-refractivity contribution in [2.75, 3.05) is 14.2 Å². The van der Waals surface area contributed by atoms with Crippen molar-refractivity contribution in [3.8, 4) is 0 Å². The van der Waals surface area contributed by atoms with Crippen molar-refractivity contribution in [1.82, 2.24) is 0 Å². The molecule has 0 aromatic heterocycles. The first kappa shape index (κ1) is 25.6. The average molecular weight is 347 g/mol.